The lowest BCUT2D eigenvalue weighted by atomic mass is 10.1. The smallest absolute Gasteiger partial charge is 0.265 e. The Balaban J connectivity index is 1.56. The van der Waals surface area contributed by atoms with Crippen LogP contribution in [0.3, 0.4) is 0 Å². The van der Waals surface area contributed by atoms with Crippen LogP contribution in [0.2, 0.25) is 5.02 Å². The van der Waals surface area contributed by atoms with Gasteiger partial charge >= 0.3 is 0 Å². The minimum atomic E-state index is -0.426. The van der Waals surface area contributed by atoms with E-state index >= 15 is 0 Å². The Labute approximate surface area is 185 Å². The lowest BCUT2D eigenvalue weighted by Gasteiger charge is -2.16. The second kappa shape index (κ2) is 10.9. The van der Waals surface area contributed by atoms with Crippen molar-refractivity contribution in [1.29, 1.82) is 0 Å². The van der Waals surface area contributed by atoms with Gasteiger partial charge in [-0.25, -0.2) is 0 Å². The van der Waals surface area contributed by atoms with Gasteiger partial charge in [-0.05, 0) is 42.3 Å². The van der Waals surface area contributed by atoms with E-state index in [1.165, 1.54) is 6.21 Å². The van der Waals surface area contributed by atoms with E-state index in [9.17, 15) is 9.59 Å². The molecule has 0 bridgehead atoms. The van der Waals surface area contributed by atoms with E-state index in [0.29, 0.717) is 16.3 Å². The zero-order valence-corrected chi connectivity index (χ0v) is 17.7. The number of para-hydroxylation sites is 1. The van der Waals surface area contributed by atoms with Crippen molar-refractivity contribution >= 4 is 35.3 Å². The standard InChI is InChI=1S/C24H22ClN3O3/c1-17(19-7-3-2-4-8-19)27-24(30)21-9-5-6-10-22(21)28-23(29)16-31-26-15-18-11-13-20(25)14-12-18/h2-15,17H,16H2,1H3,(H,27,30)(H,28,29)/b26-15+. The maximum absolute atomic E-state index is 12.7. The monoisotopic (exact) mass is 435 g/mol. The first-order valence-electron chi connectivity index (χ1n) is 9.68. The highest BCUT2D eigenvalue weighted by atomic mass is 35.5. The van der Waals surface area contributed by atoms with Crippen LogP contribution >= 0.6 is 11.6 Å². The van der Waals surface area contributed by atoms with Crippen molar-refractivity contribution in [2.75, 3.05) is 11.9 Å². The number of hydrogen-bond acceptors (Lipinski definition) is 4. The molecule has 0 saturated carbocycles. The van der Waals surface area contributed by atoms with Gasteiger partial charge in [0.2, 0.25) is 0 Å². The van der Waals surface area contributed by atoms with E-state index in [4.69, 9.17) is 16.4 Å². The highest BCUT2D eigenvalue weighted by Crippen LogP contribution is 2.18. The van der Waals surface area contributed by atoms with Gasteiger partial charge in [-0.3, -0.25) is 9.59 Å². The van der Waals surface area contributed by atoms with Crippen LogP contribution in [0.4, 0.5) is 5.69 Å². The van der Waals surface area contributed by atoms with Crippen molar-refractivity contribution in [3.8, 4) is 0 Å². The maximum Gasteiger partial charge on any atom is 0.265 e. The first-order valence-corrected chi connectivity index (χ1v) is 10.1. The van der Waals surface area contributed by atoms with Gasteiger partial charge in [0.15, 0.2) is 6.61 Å². The Morgan fingerprint density at radius 3 is 2.42 bits per heavy atom. The van der Waals surface area contributed by atoms with Gasteiger partial charge in [0.05, 0.1) is 23.5 Å². The molecule has 2 N–H and O–H groups in total. The molecule has 3 rings (SSSR count). The van der Waals surface area contributed by atoms with E-state index in [2.05, 4.69) is 15.8 Å². The van der Waals surface area contributed by atoms with Crippen molar-refractivity contribution < 1.29 is 14.4 Å². The molecule has 158 valence electrons. The van der Waals surface area contributed by atoms with Crippen LogP contribution in [0.25, 0.3) is 0 Å². The quantitative estimate of drug-likeness (QED) is 0.393. The minimum absolute atomic E-state index is 0.178. The van der Waals surface area contributed by atoms with Crippen LogP contribution in [0.1, 0.15) is 34.5 Å². The van der Waals surface area contributed by atoms with Crippen LogP contribution < -0.4 is 10.6 Å². The Bertz CT molecular complexity index is 1050. The third-order valence-electron chi connectivity index (χ3n) is 4.43. The molecule has 0 spiro atoms. The van der Waals surface area contributed by atoms with Gasteiger partial charge in [-0.1, -0.05) is 71.4 Å². The first-order chi connectivity index (χ1) is 15.0. The van der Waals surface area contributed by atoms with Crippen LogP contribution in [-0.4, -0.2) is 24.6 Å². The Morgan fingerprint density at radius 1 is 1.00 bits per heavy atom. The second-order valence-electron chi connectivity index (χ2n) is 6.76. The fourth-order valence-corrected chi connectivity index (χ4v) is 2.94. The highest BCUT2D eigenvalue weighted by Gasteiger charge is 2.16. The first kappa shape index (κ1) is 22.1. The highest BCUT2D eigenvalue weighted by molar-refractivity contribution is 6.30. The van der Waals surface area contributed by atoms with Crippen molar-refractivity contribution in [1.82, 2.24) is 5.32 Å². The molecule has 1 unspecified atom stereocenters. The number of nitrogens with one attached hydrogen (secondary N) is 2. The van der Waals surface area contributed by atoms with Crippen molar-refractivity contribution in [3.63, 3.8) is 0 Å². The third-order valence-corrected chi connectivity index (χ3v) is 4.69. The molecular formula is C24H22ClN3O3. The van der Waals surface area contributed by atoms with Crippen molar-refractivity contribution in [2.24, 2.45) is 5.16 Å². The Kier molecular flexibility index (Phi) is 7.79. The molecule has 0 aliphatic heterocycles. The molecule has 3 aromatic carbocycles. The predicted molar refractivity (Wildman–Crippen MR) is 122 cm³/mol. The molecule has 0 radical (unpaired) electrons. The molecule has 31 heavy (non-hydrogen) atoms. The Hall–Kier alpha value is -3.64. The van der Waals surface area contributed by atoms with Gasteiger partial charge in [-0.15, -0.1) is 0 Å². The summed E-state index contributed by atoms with van der Waals surface area (Å²) in [5.41, 5.74) is 2.54. The van der Waals surface area contributed by atoms with Crippen molar-refractivity contribution in [3.05, 3.63) is 101 Å². The molecule has 0 aliphatic carbocycles. The zero-order valence-electron chi connectivity index (χ0n) is 16.9. The summed E-state index contributed by atoms with van der Waals surface area (Å²) in [6.07, 6.45) is 1.48. The molecule has 0 saturated heterocycles. The van der Waals surface area contributed by atoms with Gasteiger partial charge < -0.3 is 15.5 Å². The maximum atomic E-state index is 12.7. The number of halogens is 1. The van der Waals surface area contributed by atoms with E-state index in [-0.39, 0.29) is 18.6 Å². The number of hydrogen-bond donors (Lipinski definition) is 2. The summed E-state index contributed by atoms with van der Waals surface area (Å²) in [5.74, 6) is -0.710. The van der Waals surface area contributed by atoms with Gasteiger partial charge in [0, 0.05) is 5.02 Å². The number of carbonyl (C=O) groups excluding carboxylic acids is 2. The van der Waals surface area contributed by atoms with Gasteiger partial charge in [-0.2, -0.15) is 0 Å². The molecule has 2 amide bonds. The predicted octanol–water partition coefficient (Wildman–Crippen LogP) is 4.82. The summed E-state index contributed by atoms with van der Waals surface area (Å²) < 4.78 is 0. The fourth-order valence-electron chi connectivity index (χ4n) is 2.82. The van der Waals surface area contributed by atoms with Crippen LogP contribution in [0.15, 0.2) is 84.0 Å². The number of oxime groups is 1. The summed E-state index contributed by atoms with van der Waals surface area (Å²) in [6.45, 7) is 1.61. The lowest BCUT2D eigenvalue weighted by molar-refractivity contribution is -0.120. The summed E-state index contributed by atoms with van der Waals surface area (Å²) in [7, 11) is 0. The minimum Gasteiger partial charge on any atom is -0.386 e. The second-order valence-corrected chi connectivity index (χ2v) is 7.20. The molecule has 7 heteroatoms. The topological polar surface area (TPSA) is 79.8 Å². The lowest BCUT2D eigenvalue weighted by Crippen LogP contribution is -2.28. The molecule has 0 fully saturated rings. The Morgan fingerprint density at radius 2 is 1.68 bits per heavy atom. The van der Waals surface area contributed by atoms with E-state index < -0.39 is 5.91 Å². The normalized spacial score (nSPS) is 11.7. The average Bonchev–Trinajstić information content (AvgIpc) is 2.79. The molecular weight excluding hydrogens is 414 g/mol. The summed E-state index contributed by atoms with van der Waals surface area (Å²) in [6, 6.07) is 23.3. The van der Waals surface area contributed by atoms with Crippen molar-refractivity contribution in [2.45, 2.75) is 13.0 Å². The fraction of sp³-hybridized carbons (Fsp3) is 0.125. The number of carbonyl (C=O) groups is 2. The molecule has 3 aromatic rings. The van der Waals surface area contributed by atoms with Gasteiger partial charge in [0.1, 0.15) is 0 Å². The summed E-state index contributed by atoms with van der Waals surface area (Å²) in [4.78, 5) is 30.0. The SMILES string of the molecule is CC(NC(=O)c1ccccc1NC(=O)CO/N=C/c1ccc(Cl)cc1)c1ccccc1. The largest absolute Gasteiger partial charge is 0.386 e. The number of nitrogens with zero attached hydrogens (tertiary/aromatic N) is 1. The molecule has 0 heterocycles. The van der Waals surface area contributed by atoms with Gasteiger partial charge in [0.25, 0.3) is 11.8 Å². The third kappa shape index (κ3) is 6.69. The van der Waals surface area contributed by atoms with E-state index in [0.717, 1.165) is 11.1 Å². The van der Waals surface area contributed by atoms with Crippen LogP contribution in [0.5, 0.6) is 0 Å². The molecule has 0 aromatic heterocycles. The summed E-state index contributed by atoms with van der Waals surface area (Å²) >= 11 is 5.83. The molecule has 0 aliphatic rings. The van der Waals surface area contributed by atoms with E-state index in [1.807, 2.05) is 37.3 Å². The number of rotatable bonds is 8. The van der Waals surface area contributed by atoms with E-state index in [1.54, 1.807) is 48.5 Å². The molecule has 6 nitrogen and oxygen atoms in total. The van der Waals surface area contributed by atoms with Crippen LogP contribution in [0, 0.1) is 0 Å². The van der Waals surface area contributed by atoms with Crippen LogP contribution in [-0.2, 0) is 9.63 Å². The number of amides is 2. The summed E-state index contributed by atoms with van der Waals surface area (Å²) in [5, 5.41) is 10.0. The average molecular weight is 436 g/mol. The molecule has 1 atom stereocenters. The zero-order chi connectivity index (χ0) is 22.1. The number of anilines is 1. The number of benzene rings is 3.